The van der Waals surface area contributed by atoms with E-state index in [0.29, 0.717) is 5.69 Å². The smallest absolute Gasteiger partial charge is 0.335 e. The van der Waals surface area contributed by atoms with Crippen molar-refractivity contribution in [3.05, 3.63) is 23.8 Å². The fourth-order valence-electron chi connectivity index (χ4n) is 2.00. The van der Waals surface area contributed by atoms with Crippen LogP contribution in [0.15, 0.2) is 18.2 Å². The Morgan fingerprint density at radius 1 is 1.32 bits per heavy atom. The molecule has 0 unspecified atom stereocenters. The summed E-state index contributed by atoms with van der Waals surface area (Å²) in [7, 11) is 4.10. The highest BCUT2D eigenvalue weighted by molar-refractivity contribution is 5.90. The Morgan fingerprint density at radius 2 is 2.00 bits per heavy atom. The summed E-state index contributed by atoms with van der Waals surface area (Å²) in [6.45, 7) is 4.85. The molecule has 0 amide bonds. The van der Waals surface area contributed by atoms with Crippen molar-refractivity contribution >= 4 is 17.3 Å². The summed E-state index contributed by atoms with van der Waals surface area (Å²) >= 11 is 0. The van der Waals surface area contributed by atoms with Crippen molar-refractivity contribution in [1.82, 2.24) is 4.90 Å². The Labute approximate surface area is 114 Å². The van der Waals surface area contributed by atoms with Gasteiger partial charge in [0.15, 0.2) is 0 Å². The Kier molecular flexibility index (Phi) is 5.63. The van der Waals surface area contributed by atoms with E-state index in [1.807, 2.05) is 14.1 Å². The molecule has 0 aliphatic carbocycles. The maximum absolute atomic E-state index is 10.9. The molecule has 1 aromatic rings. The minimum Gasteiger partial charge on any atom is -0.478 e. The zero-order valence-electron chi connectivity index (χ0n) is 11.9. The van der Waals surface area contributed by atoms with E-state index in [2.05, 4.69) is 16.7 Å². The maximum Gasteiger partial charge on any atom is 0.335 e. The van der Waals surface area contributed by atoms with E-state index in [0.717, 1.165) is 31.7 Å². The molecular formula is C14H23N3O2. The molecule has 1 rings (SSSR count). The Morgan fingerprint density at radius 3 is 2.47 bits per heavy atom. The summed E-state index contributed by atoms with van der Waals surface area (Å²) in [5, 5.41) is 8.92. The van der Waals surface area contributed by atoms with Gasteiger partial charge in [-0.05, 0) is 52.2 Å². The number of anilines is 2. The lowest BCUT2D eigenvalue weighted by Gasteiger charge is -2.25. The van der Waals surface area contributed by atoms with Crippen molar-refractivity contribution in [2.24, 2.45) is 0 Å². The number of nitrogens with two attached hydrogens (primary N) is 1. The standard InChI is InChI=1S/C14H23N3O2/c1-4-17(9-5-8-16(2)3)13-7-6-11(14(18)19)10-12(13)15/h6-7,10H,4-5,8-9,15H2,1-3H3,(H,18,19). The summed E-state index contributed by atoms with van der Waals surface area (Å²) in [5.74, 6) is -0.950. The summed E-state index contributed by atoms with van der Waals surface area (Å²) < 4.78 is 0. The van der Waals surface area contributed by atoms with Gasteiger partial charge in [-0.1, -0.05) is 0 Å². The summed E-state index contributed by atoms with van der Waals surface area (Å²) in [6.07, 6.45) is 1.04. The molecule has 5 heteroatoms. The van der Waals surface area contributed by atoms with Crippen LogP contribution < -0.4 is 10.6 Å². The van der Waals surface area contributed by atoms with Crippen LogP contribution >= 0.6 is 0 Å². The Bertz CT molecular complexity index is 433. The molecule has 5 nitrogen and oxygen atoms in total. The van der Waals surface area contributed by atoms with Gasteiger partial charge in [-0.15, -0.1) is 0 Å². The molecule has 0 atom stereocenters. The second-order valence-electron chi connectivity index (χ2n) is 4.82. The van der Waals surface area contributed by atoms with Crippen LogP contribution in [0.3, 0.4) is 0 Å². The van der Waals surface area contributed by atoms with Crippen LogP contribution in [0.25, 0.3) is 0 Å². The third-order valence-corrected chi connectivity index (χ3v) is 3.03. The first-order chi connectivity index (χ1) is 8.95. The molecule has 0 fully saturated rings. The predicted octanol–water partition coefficient (Wildman–Crippen LogP) is 1.75. The lowest BCUT2D eigenvalue weighted by molar-refractivity contribution is 0.0697. The SMILES string of the molecule is CCN(CCCN(C)C)c1ccc(C(=O)O)cc1N. The van der Waals surface area contributed by atoms with Crippen molar-refractivity contribution in [2.45, 2.75) is 13.3 Å². The number of carboxylic acids is 1. The van der Waals surface area contributed by atoms with Gasteiger partial charge in [0.2, 0.25) is 0 Å². The molecule has 0 heterocycles. The third kappa shape index (κ3) is 4.44. The fourth-order valence-corrected chi connectivity index (χ4v) is 2.00. The molecule has 0 aliphatic heterocycles. The zero-order chi connectivity index (χ0) is 14.4. The number of carbonyl (C=O) groups is 1. The largest absolute Gasteiger partial charge is 0.478 e. The van der Waals surface area contributed by atoms with Gasteiger partial charge in [-0.25, -0.2) is 4.79 Å². The van der Waals surface area contributed by atoms with E-state index < -0.39 is 5.97 Å². The summed E-state index contributed by atoms with van der Waals surface area (Å²) in [4.78, 5) is 15.2. The van der Waals surface area contributed by atoms with Gasteiger partial charge < -0.3 is 20.6 Å². The first-order valence-electron chi connectivity index (χ1n) is 6.48. The Hall–Kier alpha value is -1.75. The molecule has 0 saturated carbocycles. The van der Waals surface area contributed by atoms with Crippen molar-refractivity contribution in [2.75, 3.05) is 44.4 Å². The molecule has 0 bridgehead atoms. The normalized spacial score (nSPS) is 10.7. The van der Waals surface area contributed by atoms with Crippen molar-refractivity contribution in [3.63, 3.8) is 0 Å². The molecular weight excluding hydrogens is 242 g/mol. The zero-order valence-corrected chi connectivity index (χ0v) is 11.9. The van der Waals surface area contributed by atoms with Crippen LogP contribution in [0.2, 0.25) is 0 Å². The first kappa shape index (κ1) is 15.3. The highest BCUT2D eigenvalue weighted by Crippen LogP contribution is 2.24. The van der Waals surface area contributed by atoms with Gasteiger partial charge in [0.05, 0.1) is 16.9 Å². The molecule has 0 spiro atoms. The minimum atomic E-state index is -0.950. The molecule has 0 aliphatic rings. The van der Waals surface area contributed by atoms with E-state index >= 15 is 0 Å². The lowest BCUT2D eigenvalue weighted by atomic mass is 10.1. The second kappa shape index (κ2) is 6.99. The predicted molar refractivity (Wildman–Crippen MR) is 78.9 cm³/mol. The summed E-state index contributed by atoms with van der Waals surface area (Å²) in [5.41, 5.74) is 7.61. The van der Waals surface area contributed by atoms with Crippen LogP contribution in [-0.4, -0.2) is 49.7 Å². The quantitative estimate of drug-likeness (QED) is 0.735. The van der Waals surface area contributed by atoms with E-state index in [4.69, 9.17) is 10.8 Å². The van der Waals surface area contributed by atoms with E-state index in [9.17, 15) is 4.79 Å². The molecule has 106 valence electrons. The highest BCUT2D eigenvalue weighted by atomic mass is 16.4. The van der Waals surface area contributed by atoms with Crippen LogP contribution in [0.5, 0.6) is 0 Å². The van der Waals surface area contributed by atoms with Gasteiger partial charge in [0, 0.05) is 13.1 Å². The number of benzene rings is 1. The molecule has 3 N–H and O–H groups in total. The number of nitrogens with zero attached hydrogens (tertiary/aromatic N) is 2. The lowest BCUT2D eigenvalue weighted by Crippen LogP contribution is -2.27. The van der Waals surface area contributed by atoms with E-state index in [1.165, 1.54) is 6.07 Å². The van der Waals surface area contributed by atoms with E-state index in [-0.39, 0.29) is 5.56 Å². The number of rotatable bonds is 7. The molecule has 0 saturated heterocycles. The van der Waals surface area contributed by atoms with Crippen LogP contribution in [-0.2, 0) is 0 Å². The van der Waals surface area contributed by atoms with Gasteiger partial charge in [-0.3, -0.25) is 0 Å². The molecule has 1 aromatic carbocycles. The van der Waals surface area contributed by atoms with Crippen LogP contribution in [0, 0.1) is 0 Å². The first-order valence-corrected chi connectivity index (χ1v) is 6.48. The third-order valence-electron chi connectivity index (χ3n) is 3.03. The number of aromatic carboxylic acids is 1. The second-order valence-corrected chi connectivity index (χ2v) is 4.82. The summed E-state index contributed by atoms with van der Waals surface area (Å²) in [6, 6.07) is 4.91. The maximum atomic E-state index is 10.9. The van der Waals surface area contributed by atoms with Gasteiger partial charge in [-0.2, -0.15) is 0 Å². The number of hydrogen-bond donors (Lipinski definition) is 2. The molecule has 0 aromatic heterocycles. The average Bonchev–Trinajstić information content (AvgIpc) is 2.34. The minimum absolute atomic E-state index is 0.227. The molecule has 19 heavy (non-hydrogen) atoms. The van der Waals surface area contributed by atoms with Crippen LogP contribution in [0.1, 0.15) is 23.7 Å². The molecule has 0 radical (unpaired) electrons. The topological polar surface area (TPSA) is 69.8 Å². The van der Waals surface area contributed by atoms with Gasteiger partial charge in [0.25, 0.3) is 0 Å². The fraction of sp³-hybridized carbons (Fsp3) is 0.500. The van der Waals surface area contributed by atoms with Crippen molar-refractivity contribution in [1.29, 1.82) is 0 Å². The van der Waals surface area contributed by atoms with Gasteiger partial charge in [0.1, 0.15) is 0 Å². The van der Waals surface area contributed by atoms with Crippen molar-refractivity contribution < 1.29 is 9.90 Å². The van der Waals surface area contributed by atoms with E-state index in [1.54, 1.807) is 12.1 Å². The monoisotopic (exact) mass is 265 g/mol. The van der Waals surface area contributed by atoms with Gasteiger partial charge >= 0.3 is 5.97 Å². The van der Waals surface area contributed by atoms with Crippen LogP contribution in [0.4, 0.5) is 11.4 Å². The average molecular weight is 265 g/mol. The van der Waals surface area contributed by atoms with Crippen molar-refractivity contribution in [3.8, 4) is 0 Å². The highest BCUT2D eigenvalue weighted by Gasteiger charge is 2.11. The number of nitrogen functional groups attached to an aromatic ring is 1. The number of carboxylic acid groups (broad SMARTS) is 1. The number of hydrogen-bond acceptors (Lipinski definition) is 4. The Balaban J connectivity index is 2.78.